The Labute approximate surface area is 145 Å². The van der Waals surface area contributed by atoms with E-state index in [1.807, 2.05) is 42.7 Å². The Morgan fingerprint density at radius 1 is 1.29 bits per heavy atom. The second kappa shape index (κ2) is 7.99. The lowest BCUT2D eigenvalue weighted by Gasteiger charge is -2.10. The van der Waals surface area contributed by atoms with Crippen LogP contribution in [0.3, 0.4) is 0 Å². The number of nitrogens with zero attached hydrogens (tertiary/aromatic N) is 1. The zero-order valence-electron chi connectivity index (χ0n) is 13.5. The molecule has 1 heterocycles. The maximum Gasteiger partial charge on any atom is 0.329 e. The Balaban J connectivity index is 2.08. The molecule has 1 amide bonds. The second-order valence-corrected chi connectivity index (χ2v) is 5.74. The van der Waals surface area contributed by atoms with Crippen molar-refractivity contribution in [3.8, 4) is 5.69 Å². The fourth-order valence-electron chi connectivity index (χ4n) is 2.50. The minimum atomic E-state index is -1.04. The van der Waals surface area contributed by atoms with Gasteiger partial charge in [-0.2, -0.15) is 0 Å². The maximum absolute atomic E-state index is 12.3. The summed E-state index contributed by atoms with van der Waals surface area (Å²) in [6, 6.07) is 9.22. The SMILES string of the molecule is Cc1cc(C(=O)NCCOCC(=O)O)c(C)n1-c1cccc(Cl)c1. The Morgan fingerprint density at radius 3 is 2.71 bits per heavy atom. The lowest BCUT2D eigenvalue weighted by molar-refractivity contribution is -0.142. The number of hydrogen-bond donors (Lipinski definition) is 2. The van der Waals surface area contributed by atoms with Gasteiger partial charge in [0.25, 0.3) is 5.91 Å². The molecule has 0 aliphatic carbocycles. The highest BCUT2D eigenvalue weighted by Gasteiger charge is 2.16. The van der Waals surface area contributed by atoms with Crippen LogP contribution < -0.4 is 5.32 Å². The third kappa shape index (κ3) is 4.37. The van der Waals surface area contributed by atoms with Gasteiger partial charge in [-0.3, -0.25) is 4.79 Å². The van der Waals surface area contributed by atoms with Gasteiger partial charge in [-0.05, 0) is 38.1 Å². The topological polar surface area (TPSA) is 80.6 Å². The lowest BCUT2D eigenvalue weighted by Crippen LogP contribution is -2.28. The van der Waals surface area contributed by atoms with Crippen molar-refractivity contribution in [3.05, 3.63) is 52.3 Å². The standard InChI is InChI=1S/C17H19ClN2O4/c1-11-8-15(17(23)19-6-7-24-10-16(21)22)12(2)20(11)14-5-3-4-13(18)9-14/h3-5,8-9H,6-7,10H2,1-2H3,(H,19,23)(H,21,22). The number of carbonyl (C=O) groups excluding carboxylic acids is 1. The first-order chi connectivity index (χ1) is 11.4. The summed E-state index contributed by atoms with van der Waals surface area (Å²) in [6.07, 6.45) is 0. The highest BCUT2D eigenvalue weighted by Crippen LogP contribution is 2.22. The van der Waals surface area contributed by atoms with E-state index < -0.39 is 5.97 Å². The zero-order chi connectivity index (χ0) is 17.7. The number of aryl methyl sites for hydroxylation is 1. The van der Waals surface area contributed by atoms with Crippen molar-refractivity contribution in [2.75, 3.05) is 19.8 Å². The third-order valence-electron chi connectivity index (χ3n) is 3.50. The first-order valence-electron chi connectivity index (χ1n) is 7.42. The summed E-state index contributed by atoms with van der Waals surface area (Å²) in [7, 11) is 0. The van der Waals surface area contributed by atoms with Crippen LogP contribution in [0.25, 0.3) is 5.69 Å². The number of carboxylic acid groups (broad SMARTS) is 1. The normalized spacial score (nSPS) is 10.6. The van der Waals surface area contributed by atoms with E-state index in [0.717, 1.165) is 17.1 Å². The first-order valence-corrected chi connectivity index (χ1v) is 7.80. The number of ether oxygens (including phenoxy) is 1. The van der Waals surface area contributed by atoms with Crippen LogP contribution in [0.15, 0.2) is 30.3 Å². The molecular formula is C17H19ClN2O4. The van der Waals surface area contributed by atoms with Crippen LogP contribution in [-0.4, -0.2) is 41.3 Å². The van der Waals surface area contributed by atoms with Gasteiger partial charge in [-0.15, -0.1) is 0 Å². The predicted octanol–water partition coefficient (Wildman–Crippen LogP) is 2.58. The zero-order valence-corrected chi connectivity index (χ0v) is 14.3. The van der Waals surface area contributed by atoms with Gasteiger partial charge in [0.1, 0.15) is 6.61 Å². The van der Waals surface area contributed by atoms with Crippen molar-refractivity contribution in [3.63, 3.8) is 0 Å². The number of aromatic nitrogens is 1. The minimum absolute atomic E-state index is 0.144. The summed E-state index contributed by atoms with van der Waals surface area (Å²) < 4.78 is 6.85. The molecule has 2 rings (SSSR count). The van der Waals surface area contributed by atoms with Gasteiger partial charge in [0.15, 0.2) is 0 Å². The van der Waals surface area contributed by atoms with E-state index >= 15 is 0 Å². The third-order valence-corrected chi connectivity index (χ3v) is 3.73. The summed E-state index contributed by atoms with van der Waals surface area (Å²) in [5.41, 5.74) is 3.17. The van der Waals surface area contributed by atoms with Crippen LogP contribution in [0.5, 0.6) is 0 Å². The van der Waals surface area contributed by atoms with Gasteiger partial charge >= 0.3 is 5.97 Å². The van der Waals surface area contributed by atoms with E-state index in [9.17, 15) is 9.59 Å². The molecule has 24 heavy (non-hydrogen) atoms. The van der Waals surface area contributed by atoms with Gasteiger partial charge in [-0.1, -0.05) is 17.7 Å². The molecule has 0 bridgehead atoms. The molecule has 0 radical (unpaired) electrons. The van der Waals surface area contributed by atoms with Crippen LogP contribution in [0.2, 0.25) is 5.02 Å². The largest absolute Gasteiger partial charge is 0.480 e. The molecule has 1 aromatic carbocycles. The molecule has 7 heteroatoms. The van der Waals surface area contributed by atoms with E-state index in [4.69, 9.17) is 21.4 Å². The summed E-state index contributed by atoms with van der Waals surface area (Å²) in [5.74, 6) is -1.26. The van der Waals surface area contributed by atoms with Gasteiger partial charge in [-0.25, -0.2) is 4.79 Å². The monoisotopic (exact) mass is 350 g/mol. The second-order valence-electron chi connectivity index (χ2n) is 5.30. The fraction of sp³-hybridized carbons (Fsp3) is 0.294. The number of aliphatic carboxylic acids is 1. The fourth-order valence-corrected chi connectivity index (χ4v) is 2.68. The first kappa shape index (κ1) is 18.0. The molecule has 0 atom stereocenters. The van der Waals surface area contributed by atoms with Crippen LogP contribution in [-0.2, 0) is 9.53 Å². The Morgan fingerprint density at radius 2 is 2.04 bits per heavy atom. The number of carboxylic acids is 1. The highest BCUT2D eigenvalue weighted by atomic mass is 35.5. The van der Waals surface area contributed by atoms with E-state index in [0.29, 0.717) is 10.6 Å². The summed E-state index contributed by atoms with van der Waals surface area (Å²) >= 11 is 6.04. The highest BCUT2D eigenvalue weighted by molar-refractivity contribution is 6.30. The number of nitrogens with one attached hydrogen (secondary N) is 1. The average Bonchev–Trinajstić information content (AvgIpc) is 2.81. The van der Waals surface area contributed by atoms with E-state index in [1.54, 1.807) is 6.07 Å². The van der Waals surface area contributed by atoms with Gasteiger partial charge < -0.3 is 19.7 Å². The number of rotatable bonds is 7. The summed E-state index contributed by atoms with van der Waals surface area (Å²) in [6.45, 7) is 3.79. The van der Waals surface area contributed by atoms with Crippen LogP contribution in [0.1, 0.15) is 21.7 Å². The Hall–Kier alpha value is -2.31. The van der Waals surface area contributed by atoms with E-state index in [1.165, 1.54) is 0 Å². The lowest BCUT2D eigenvalue weighted by atomic mass is 10.2. The van der Waals surface area contributed by atoms with Gasteiger partial charge in [0.2, 0.25) is 0 Å². The van der Waals surface area contributed by atoms with Crippen molar-refractivity contribution in [1.29, 1.82) is 0 Å². The van der Waals surface area contributed by atoms with Crippen molar-refractivity contribution < 1.29 is 19.4 Å². The molecule has 128 valence electrons. The Bertz CT molecular complexity index is 755. The average molecular weight is 351 g/mol. The maximum atomic E-state index is 12.3. The molecule has 6 nitrogen and oxygen atoms in total. The molecule has 1 aromatic heterocycles. The van der Waals surface area contributed by atoms with E-state index in [2.05, 4.69) is 5.32 Å². The van der Waals surface area contributed by atoms with Crippen molar-refractivity contribution >= 4 is 23.5 Å². The molecule has 0 spiro atoms. The number of halogens is 1. The van der Waals surface area contributed by atoms with Crippen LogP contribution in [0, 0.1) is 13.8 Å². The molecule has 0 aliphatic heterocycles. The van der Waals surface area contributed by atoms with E-state index in [-0.39, 0.29) is 25.7 Å². The molecule has 0 saturated carbocycles. The quantitative estimate of drug-likeness (QED) is 0.752. The van der Waals surface area contributed by atoms with Crippen molar-refractivity contribution in [2.24, 2.45) is 0 Å². The molecule has 2 aromatic rings. The minimum Gasteiger partial charge on any atom is -0.480 e. The number of amides is 1. The number of hydrogen-bond acceptors (Lipinski definition) is 3. The molecule has 0 aliphatic rings. The van der Waals surface area contributed by atoms with Gasteiger partial charge in [0, 0.05) is 28.6 Å². The number of carbonyl (C=O) groups is 2. The molecule has 0 fully saturated rings. The van der Waals surface area contributed by atoms with Crippen molar-refractivity contribution in [2.45, 2.75) is 13.8 Å². The molecule has 0 unspecified atom stereocenters. The van der Waals surface area contributed by atoms with Crippen LogP contribution in [0.4, 0.5) is 0 Å². The number of benzene rings is 1. The smallest absolute Gasteiger partial charge is 0.329 e. The summed E-state index contributed by atoms with van der Waals surface area (Å²) in [4.78, 5) is 22.6. The predicted molar refractivity (Wildman–Crippen MR) is 91.0 cm³/mol. The van der Waals surface area contributed by atoms with Crippen molar-refractivity contribution in [1.82, 2.24) is 9.88 Å². The molecule has 2 N–H and O–H groups in total. The molecule has 0 saturated heterocycles. The summed E-state index contributed by atoms with van der Waals surface area (Å²) in [5, 5.41) is 11.8. The Kier molecular flexibility index (Phi) is 6.00. The molecular weight excluding hydrogens is 332 g/mol. The van der Waals surface area contributed by atoms with Gasteiger partial charge in [0.05, 0.1) is 12.2 Å². The van der Waals surface area contributed by atoms with Crippen LogP contribution >= 0.6 is 11.6 Å².